The van der Waals surface area contributed by atoms with Crippen LogP contribution in [0.25, 0.3) is 0 Å². The van der Waals surface area contributed by atoms with Crippen molar-refractivity contribution in [3.8, 4) is 0 Å². The maximum Gasteiger partial charge on any atom is 0.258 e. The summed E-state index contributed by atoms with van der Waals surface area (Å²) in [6.07, 6.45) is -2.18. The molecule has 0 radical (unpaired) electrons. The second-order valence-corrected chi connectivity index (χ2v) is 34.2. The number of ketones is 2. The monoisotopic (exact) mass is 1840 g/mol. The lowest BCUT2D eigenvalue weighted by Gasteiger charge is -2.63. The fraction of sp³-hybridized carbons (Fsp3) is 0.494. The number of Topliss-reactive ketones (excluding diaryl/α,β-unsaturated/α-hetero) is 1. The maximum absolute atomic E-state index is 18.1. The van der Waals surface area contributed by atoms with E-state index in [9.17, 15) is 106 Å². The number of likely N-dealkylation sites (N-methyl/N-ethyl adjacent to an activating group) is 10. The molecule has 9 rings (SSSR count). The third kappa shape index (κ3) is 23.8. The van der Waals surface area contributed by atoms with Crippen molar-refractivity contribution >= 4 is 118 Å². The van der Waals surface area contributed by atoms with Gasteiger partial charge in [0.25, 0.3) is 17.7 Å². The molecule has 3 aromatic rings. The summed E-state index contributed by atoms with van der Waals surface area (Å²) in [5, 5.41) is 33.6. The predicted octanol–water partition coefficient (Wildman–Crippen LogP) is -2.03. The summed E-state index contributed by atoms with van der Waals surface area (Å²) in [5.41, 5.74) is -7.08. The molecule has 7 N–H and O–H groups in total. The molecule has 712 valence electrons. The molecular formula is C89H111F3N16O24. The Morgan fingerprint density at radius 3 is 1.55 bits per heavy atom. The Kier molecular flexibility index (Phi) is 33.7. The molecule has 2 heterocycles. The van der Waals surface area contributed by atoms with Gasteiger partial charge in [-0.25, -0.2) is 18.1 Å². The van der Waals surface area contributed by atoms with Crippen LogP contribution in [0.4, 0.5) is 18.9 Å². The van der Waals surface area contributed by atoms with E-state index in [0.717, 1.165) is 84.3 Å². The molecule has 43 heteroatoms. The Morgan fingerprint density at radius 2 is 1.05 bits per heavy atom. The highest BCUT2D eigenvalue weighted by Gasteiger charge is 2.80. The summed E-state index contributed by atoms with van der Waals surface area (Å²) in [4.78, 5) is 263. The normalized spacial score (nSPS) is 22.0. The standard InChI is InChI=1S/C89H111F3N16O24/c1-52(109)40-98(4)74(119)41-99(5)75(120)42-100(6)76(121)43-101(7)77(122)44-102(8)78(123)45-103(9)79(124)46-104(10)80(125)47-105(11)81(126)48-106(12)82(127)49-107(13)84(129)59-32-57(108-72(117)26-27-73(108)118)24-22-54(59)23-25-68(113)93-37-69(114)94-39-71(116)97-64(30-53-18-15-14-16-19-53)83(128)95-38-70(115)96-51-130-50-66(112)89-67(131-85(132-89)55-20-17-21-56(90)31-55)35-60-61-34-63(91)62-33-58(110)28-29-86(62,2)88(61,92)65(111)36-87(60,89)3/h14-22,24,26-29,31-33,60-61,63-65,67,85,109,111H,1,23,25,30,34-51H2,2-13H3,(H,93,113)(H,94,114)(H,95,128)(H,96,115)(H,97,116)/t60-,61-,63-,64-,65-,67+,85+,86-,87-,88-,89+/m0/s1. The van der Waals surface area contributed by atoms with Crippen molar-refractivity contribution < 1.29 is 129 Å². The number of allylic oxidation sites excluding steroid dienone is 4. The SMILES string of the molecule is C=C(O)CN(C)C(=O)CN(C)C(=O)CN(C)C(=O)CN(C)C(=O)CN(C)C(=O)CN(C)C(=O)CN(C)C(=O)CN(C)C(=O)CN(C)C(=O)CN(C)C(=O)c1cc(N2C(=O)C=CC2=O)ccc1CCC(=O)NCC(=O)NCC(=O)N[C@@H](Cc1ccccc1)C(=O)NCC(=O)NCOCC(=O)[C@@]12O[C@H](c3cccc(F)c3)O[C@@H]1C[C@H]1[C@@H]3C[C@H](F)C4=CC(=O)C=C[C@]4(C)[C@@]3(F)[C@@H](O)C[C@@]12C. The Hall–Kier alpha value is -13.4. The van der Waals surface area contributed by atoms with Crippen LogP contribution in [0.1, 0.15) is 72.9 Å². The average molecular weight is 1850 g/mol. The molecule has 17 amide bonds. The largest absolute Gasteiger partial charge is 0.511 e. The molecule has 0 bridgehead atoms. The number of anilines is 1. The van der Waals surface area contributed by atoms with Crippen LogP contribution in [0.5, 0.6) is 0 Å². The van der Waals surface area contributed by atoms with Gasteiger partial charge in [-0.05, 0) is 91.6 Å². The molecule has 3 saturated carbocycles. The molecule has 1 saturated heterocycles. The van der Waals surface area contributed by atoms with Gasteiger partial charge in [-0.15, -0.1) is 0 Å². The van der Waals surface area contributed by atoms with Crippen LogP contribution in [0.15, 0.2) is 121 Å². The summed E-state index contributed by atoms with van der Waals surface area (Å²) < 4.78 is 67.8. The number of benzene rings is 3. The van der Waals surface area contributed by atoms with Gasteiger partial charge in [0.15, 0.2) is 29.1 Å². The Bertz CT molecular complexity index is 5140. The highest BCUT2D eigenvalue weighted by Crippen LogP contribution is 2.73. The molecule has 132 heavy (non-hydrogen) atoms. The summed E-state index contributed by atoms with van der Waals surface area (Å²) in [6, 6.07) is 16.2. The van der Waals surface area contributed by atoms with Gasteiger partial charge in [0.05, 0.1) is 103 Å². The van der Waals surface area contributed by atoms with Crippen molar-refractivity contribution in [2.24, 2.45) is 22.7 Å². The van der Waals surface area contributed by atoms with Crippen molar-refractivity contribution in [1.82, 2.24) is 75.6 Å². The van der Waals surface area contributed by atoms with Crippen molar-refractivity contribution in [3.05, 3.63) is 149 Å². The van der Waals surface area contributed by atoms with Crippen LogP contribution in [0.2, 0.25) is 0 Å². The van der Waals surface area contributed by atoms with Gasteiger partial charge < -0.3 is 100 Å². The number of carbonyl (C=O) groups is 19. The highest BCUT2D eigenvalue weighted by atomic mass is 19.1. The first-order valence-corrected chi connectivity index (χ1v) is 42.1. The van der Waals surface area contributed by atoms with Crippen LogP contribution in [0, 0.1) is 28.5 Å². The number of ether oxygens (including phenoxy) is 3. The second-order valence-electron chi connectivity index (χ2n) is 34.2. The van der Waals surface area contributed by atoms with E-state index >= 15 is 8.78 Å². The minimum Gasteiger partial charge on any atom is -0.511 e. The number of fused-ring (bicyclic) bond motifs is 7. The zero-order chi connectivity index (χ0) is 97.5. The lowest BCUT2D eigenvalue weighted by atomic mass is 9.44. The summed E-state index contributed by atoms with van der Waals surface area (Å²) in [5.74, 6) is -16.8. The number of alkyl halides is 2. The van der Waals surface area contributed by atoms with E-state index in [0.29, 0.717) is 5.56 Å². The van der Waals surface area contributed by atoms with Crippen LogP contribution < -0.4 is 31.5 Å². The molecular weight excluding hydrogens is 1730 g/mol. The van der Waals surface area contributed by atoms with Crippen LogP contribution in [-0.4, -0.2) is 376 Å². The number of hydrogen-bond acceptors (Lipinski definition) is 24. The molecule has 40 nitrogen and oxygen atoms in total. The number of aliphatic hydroxyl groups excluding tert-OH is 2. The topological polar surface area (TPSA) is 488 Å². The molecule has 6 aliphatic rings. The van der Waals surface area contributed by atoms with Gasteiger partial charge in [0.2, 0.25) is 82.7 Å². The van der Waals surface area contributed by atoms with Gasteiger partial charge in [-0.2, -0.15) is 0 Å². The average Bonchev–Trinajstić information content (AvgIpc) is 1.54. The van der Waals surface area contributed by atoms with E-state index in [1.807, 2.05) is 0 Å². The molecule has 4 fully saturated rings. The molecule has 11 atom stereocenters. The van der Waals surface area contributed by atoms with E-state index in [-0.39, 0.29) is 72.5 Å². The van der Waals surface area contributed by atoms with E-state index in [2.05, 4.69) is 33.2 Å². The molecule has 0 aromatic heterocycles. The molecule has 2 aliphatic heterocycles. The number of hydrogen-bond donors (Lipinski definition) is 7. The first-order chi connectivity index (χ1) is 62.0. The minimum atomic E-state index is -2.51. The zero-order valence-corrected chi connectivity index (χ0v) is 75.3. The second kappa shape index (κ2) is 43.5. The number of amides is 17. The van der Waals surface area contributed by atoms with Crippen molar-refractivity contribution in [1.29, 1.82) is 0 Å². The number of carbonyl (C=O) groups excluding carboxylic acids is 19. The number of aliphatic hydroxyl groups is 2. The molecule has 0 spiro atoms. The first-order valence-electron chi connectivity index (χ1n) is 42.1. The Morgan fingerprint density at radius 1 is 0.568 bits per heavy atom. The Balaban J connectivity index is 0.703. The van der Waals surface area contributed by atoms with Gasteiger partial charge in [-0.3, -0.25) is 91.1 Å². The predicted molar refractivity (Wildman–Crippen MR) is 461 cm³/mol. The van der Waals surface area contributed by atoms with E-state index in [1.54, 1.807) is 37.3 Å². The fourth-order valence-electron chi connectivity index (χ4n) is 17.1. The number of halogens is 3. The third-order valence-electron chi connectivity index (χ3n) is 24.7. The quantitative estimate of drug-likeness (QED) is 0.0139. The van der Waals surface area contributed by atoms with Crippen LogP contribution in [0.3, 0.4) is 0 Å². The summed E-state index contributed by atoms with van der Waals surface area (Å²) >= 11 is 0. The zero-order valence-electron chi connectivity index (χ0n) is 75.3. The molecule has 3 aromatic carbocycles. The number of aryl methyl sites for hydroxylation is 1. The number of nitrogens with zero attached hydrogens (tertiary/aromatic N) is 11. The van der Waals surface area contributed by atoms with E-state index in [4.69, 9.17) is 14.2 Å². The van der Waals surface area contributed by atoms with Crippen molar-refractivity contribution in [2.75, 3.05) is 174 Å². The van der Waals surface area contributed by atoms with Crippen LogP contribution >= 0.6 is 0 Å². The fourth-order valence-corrected chi connectivity index (χ4v) is 17.1. The van der Waals surface area contributed by atoms with Gasteiger partial charge >= 0.3 is 0 Å². The summed E-state index contributed by atoms with van der Waals surface area (Å²) in [7, 11) is 12.9. The number of nitrogens with one attached hydrogen (secondary N) is 5. The van der Waals surface area contributed by atoms with Gasteiger partial charge in [-0.1, -0.05) is 68.1 Å². The first kappa shape index (κ1) is 102. The lowest BCUT2D eigenvalue weighted by Crippen LogP contribution is -2.70. The highest BCUT2D eigenvalue weighted by molar-refractivity contribution is 6.28. The molecule has 0 unspecified atom stereocenters. The van der Waals surface area contributed by atoms with Gasteiger partial charge in [0.1, 0.15) is 37.1 Å². The van der Waals surface area contributed by atoms with Crippen molar-refractivity contribution in [2.45, 2.75) is 94.4 Å². The summed E-state index contributed by atoms with van der Waals surface area (Å²) in [6.45, 7) is -2.02. The number of rotatable bonds is 41. The lowest BCUT2D eigenvalue weighted by molar-refractivity contribution is -0.235. The molecule has 4 aliphatic carbocycles. The van der Waals surface area contributed by atoms with E-state index < -0.39 is 281 Å². The third-order valence-corrected chi connectivity index (χ3v) is 24.7. The maximum atomic E-state index is 18.1. The van der Waals surface area contributed by atoms with E-state index in [1.165, 1.54) is 120 Å². The Labute approximate surface area is 758 Å². The number of imide groups is 1. The van der Waals surface area contributed by atoms with Gasteiger partial charge in [0, 0.05) is 123 Å². The van der Waals surface area contributed by atoms with Crippen LogP contribution in [-0.2, 0) is 113 Å². The minimum absolute atomic E-state index is 0.0475. The van der Waals surface area contributed by atoms with Crippen molar-refractivity contribution in [3.63, 3.8) is 0 Å². The smallest absolute Gasteiger partial charge is 0.258 e.